The summed E-state index contributed by atoms with van der Waals surface area (Å²) in [6.07, 6.45) is 0. The van der Waals surface area contributed by atoms with Crippen LogP contribution in [0.2, 0.25) is 0 Å². The van der Waals surface area contributed by atoms with Crippen molar-refractivity contribution in [3.63, 3.8) is 0 Å². The van der Waals surface area contributed by atoms with Gasteiger partial charge in [0.1, 0.15) is 11.6 Å². The maximum atomic E-state index is 13.4. The molecule has 0 saturated carbocycles. The van der Waals surface area contributed by atoms with Crippen LogP contribution >= 0.6 is 0 Å². The zero-order chi connectivity index (χ0) is 14.8. The molecule has 2 aromatic rings. The van der Waals surface area contributed by atoms with Gasteiger partial charge in [-0.05, 0) is 24.3 Å². The smallest absolute Gasteiger partial charge is 0.275 e. The minimum atomic E-state index is -3.58. The van der Waals surface area contributed by atoms with Gasteiger partial charge in [0, 0.05) is 14.1 Å². The van der Waals surface area contributed by atoms with Crippen LogP contribution in [0.4, 0.5) is 10.1 Å². The van der Waals surface area contributed by atoms with E-state index in [0.717, 1.165) is 4.31 Å². The number of rotatable bonds is 5. The maximum absolute atomic E-state index is 13.4. The van der Waals surface area contributed by atoms with Gasteiger partial charge < -0.3 is 9.73 Å². The van der Waals surface area contributed by atoms with Crippen molar-refractivity contribution in [2.45, 2.75) is 11.6 Å². The molecule has 20 heavy (non-hydrogen) atoms. The molecule has 1 N–H and O–H groups in total. The molecule has 0 saturated heterocycles. The van der Waals surface area contributed by atoms with Crippen LogP contribution in [0.5, 0.6) is 0 Å². The summed E-state index contributed by atoms with van der Waals surface area (Å²) in [6.45, 7) is 0.198. The van der Waals surface area contributed by atoms with Crippen molar-refractivity contribution >= 4 is 15.7 Å². The molecular weight excluding hydrogens is 283 g/mol. The van der Waals surface area contributed by atoms with E-state index >= 15 is 0 Å². The predicted octanol–water partition coefficient (Wildman–Crippen LogP) is 2.28. The molecule has 2 rings (SSSR count). The van der Waals surface area contributed by atoms with E-state index in [0.29, 0.717) is 11.4 Å². The third-order valence-electron chi connectivity index (χ3n) is 2.70. The van der Waals surface area contributed by atoms with Crippen molar-refractivity contribution in [2.75, 3.05) is 19.4 Å². The third kappa shape index (κ3) is 3.00. The molecular formula is C13H15FN2O3S. The number of nitrogens with one attached hydrogen (secondary N) is 1. The van der Waals surface area contributed by atoms with Gasteiger partial charge in [-0.3, -0.25) is 0 Å². The van der Waals surface area contributed by atoms with Gasteiger partial charge in [0.2, 0.25) is 5.09 Å². The molecule has 1 aromatic carbocycles. The SMILES string of the molecule is CN(C)S(=O)(=O)c1ccc(CNc2ccccc2F)o1. The molecule has 0 aliphatic carbocycles. The van der Waals surface area contributed by atoms with E-state index < -0.39 is 10.0 Å². The molecule has 0 unspecified atom stereocenters. The molecule has 0 atom stereocenters. The van der Waals surface area contributed by atoms with Crippen molar-refractivity contribution in [3.8, 4) is 0 Å². The zero-order valence-corrected chi connectivity index (χ0v) is 11.9. The summed E-state index contributed by atoms with van der Waals surface area (Å²) < 4.78 is 43.4. The largest absolute Gasteiger partial charge is 0.446 e. The highest BCUT2D eigenvalue weighted by Gasteiger charge is 2.21. The standard InChI is InChI=1S/C13H15FN2O3S/c1-16(2)20(17,18)13-8-7-10(19-13)9-15-12-6-4-3-5-11(12)14/h3-8,15H,9H2,1-2H3. The molecule has 0 radical (unpaired) electrons. The predicted molar refractivity (Wildman–Crippen MR) is 73.3 cm³/mol. The minimum Gasteiger partial charge on any atom is -0.446 e. The van der Waals surface area contributed by atoms with Crippen molar-refractivity contribution in [1.29, 1.82) is 0 Å². The normalized spacial score (nSPS) is 11.8. The van der Waals surface area contributed by atoms with Crippen molar-refractivity contribution in [2.24, 2.45) is 0 Å². The van der Waals surface area contributed by atoms with E-state index in [2.05, 4.69) is 5.32 Å². The number of hydrogen-bond donors (Lipinski definition) is 1. The van der Waals surface area contributed by atoms with E-state index in [1.165, 1.54) is 26.2 Å². The van der Waals surface area contributed by atoms with Gasteiger partial charge in [0.15, 0.2) is 0 Å². The van der Waals surface area contributed by atoms with E-state index in [9.17, 15) is 12.8 Å². The van der Waals surface area contributed by atoms with Gasteiger partial charge in [0.25, 0.3) is 10.0 Å². The van der Waals surface area contributed by atoms with E-state index in [4.69, 9.17) is 4.42 Å². The molecule has 0 fully saturated rings. The van der Waals surface area contributed by atoms with Gasteiger partial charge >= 0.3 is 0 Å². The Balaban J connectivity index is 2.10. The first-order valence-corrected chi connectivity index (χ1v) is 7.35. The Morgan fingerprint density at radius 2 is 1.90 bits per heavy atom. The molecule has 0 aliphatic heterocycles. The lowest BCUT2D eigenvalue weighted by atomic mass is 10.3. The Hall–Kier alpha value is -1.86. The van der Waals surface area contributed by atoms with Crippen LogP contribution in [0.1, 0.15) is 5.76 Å². The quantitative estimate of drug-likeness (QED) is 0.920. The fraction of sp³-hybridized carbons (Fsp3) is 0.231. The Labute approximate surface area is 117 Å². The fourth-order valence-corrected chi connectivity index (χ4v) is 2.37. The van der Waals surface area contributed by atoms with E-state index in [-0.39, 0.29) is 17.5 Å². The highest BCUT2D eigenvalue weighted by Crippen LogP contribution is 2.19. The topological polar surface area (TPSA) is 62.6 Å². The third-order valence-corrected chi connectivity index (χ3v) is 4.39. The van der Waals surface area contributed by atoms with Gasteiger partial charge in [-0.1, -0.05) is 12.1 Å². The van der Waals surface area contributed by atoms with Crippen LogP contribution in [0.25, 0.3) is 0 Å². The summed E-state index contributed by atoms with van der Waals surface area (Å²) in [4.78, 5) is 0. The maximum Gasteiger partial charge on any atom is 0.275 e. The van der Waals surface area contributed by atoms with Crippen LogP contribution in [-0.4, -0.2) is 26.8 Å². The van der Waals surface area contributed by atoms with Crippen LogP contribution in [0, 0.1) is 5.82 Å². The number of sulfonamides is 1. The van der Waals surface area contributed by atoms with Gasteiger partial charge in [-0.25, -0.2) is 17.1 Å². The summed E-state index contributed by atoms with van der Waals surface area (Å²) in [6, 6.07) is 9.16. The zero-order valence-electron chi connectivity index (χ0n) is 11.1. The number of benzene rings is 1. The molecule has 1 heterocycles. The van der Waals surface area contributed by atoms with Crippen molar-refractivity contribution in [1.82, 2.24) is 4.31 Å². The lowest BCUT2D eigenvalue weighted by Crippen LogP contribution is -2.21. The summed E-state index contributed by atoms with van der Waals surface area (Å²) in [5.41, 5.74) is 0.334. The molecule has 0 amide bonds. The lowest BCUT2D eigenvalue weighted by Gasteiger charge is -2.08. The van der Waals surface area contributed by atoms with Crippen molar-refractivity contribution < 1.29 is 17.2 Å². The first kappa shape index (κ1) is 14.5. The number of hydrogen-bond acceptors (Lipinski definition) is 4. The van der Waals surface area contributed by atoms with Crippen LogP contribution in [-0.2, 0) is 16.6 Å². The average Bonchev–Trinajstić information content (AvgIpc) is 2.87. The Kier molecular flexibility index (Phi) is 4.10. The molecule has 0 bridgehead atoms. The van der Waals surface area contributed by atoms with Gasteiger partial charge in [-0.2, -0.15) is 0 Å². The van der Waals surface area contributed by atoms with E-state index in [1.54, 1.807) is 24.3 Å². The number of para-hydroxylation sites is 1. The van der Waals surface area contributed by atoms with Crippen LogP contribution in [0.15, 0.2) is 45.9 Å². The molecule has 108 valence electrons. The number of nitrogens with zero attached hydrogens (tertiary/aromatic N) is 1. The molecule has 1 aromatic heterocycles. The highest BCUT2D eigenvalue weighted by atomic mass is 32.2. The number of halogens is 1. The fourth-order valence-electron chi connectivity index (χ4n) is 1.56. The molecule has 7 heteroatoms. The number of anilines is 1. The monoisotopic (exact) mass is 298 g/mol. The Bertz CT molecular complexity index is 695. The Morgan fingerprint density at radius 3 is 2.55 bits per heavy atom. The van der Waals surface area contributed by atoms with Crippen molar-refractivity contribution in [3.05, 3.63) is 48.0 Å². The highest BCUT2D eigenvalue weighted by molar-refractivity contribution is 7.88. The second kappa shape index (κ2) is 5.64. The second-order valence-corrected chi connectivity index (χ2v) is 6.42. The number of furan rings is 1. The average molecular weight is 298 g/mol. The summed E-state index contributed by atoms with van der Waals surface area (Å²) in [5, 5.41) is 2.71. The van der Waals surface area contributed by atoms with Crippen LogP contribution < -0.4 is 5.32 Å². The first-order chi connectivity index (χ1) is 9.41. The Morgan fingerprint density at radius 1 is 1.20 bits per heavy atom. The summed E-state index contributed by atoms with van der Waals surface area (Å²) >= 11 is 0. The van der Waals surface area contributed by atoms with Gasteiger partial charge in [-0.15, -0.1) is 0 Å². The van der Waals surface area contributed by atoms with Crippen LogP contribution in [0.3, 0.4) is 0 Å². The molecule has 0 aliphatic rings. The summed E-state index contributed by atoms with van der Waals surface area (Å²) in [7, 11) is -0.731. The lowest BCUT2D eigenvalue weighted by molar-refractivity contribution is 0.402. The first-order valence-electron chi connectivity index (χ1n) is 5.91. The van der Waals surface area contributed by atoms with E-state index in [1.807, 2.05) is 0 Å². The van der Waals surface area contributed by atoms with Gasteiger partial charge in [0.05, 0.1) is 12.2 Å². The summed E-state index contributed by atoms with van der Waals surface area (Å²) in [5.74, 6) is 0.0360. The molecule has 0 spiro atoms. The second-order valence-electron chi connectivity index (χ2n) is 4.34. The minimum absolute atomic E-state index is 0.132. The molecule has 5 nitrogen and oxygen atoms in total.